The quantitative estimate of drug-likeness (QED) is 0.675. The van der Waals surface area contributed by atoms with Gasteiger partial charge >= 0.3 is 4.87 Å². The normalized spacial score (nSPS) is 16.0. The van der Waals surface area contributed by atoms with E-state index in [9.17, 15) is 9.59 Å². The molecule has 0 N–H and O–H groups in total. The monoisotopic (exact) mass is 396 g/mol. The lowest BCUT2D eigenvalue weighted by Crippen LogP contribution is -2.34. The van der Waals surface area contributed by atoms with E-state index >= 15 is 0 Å². The van der Waals surface area contributed by atoms with Gasteiger partial charge in [-0.05, 0) is 42.0 Å². The zero-order chi connectivity index (χ0) is 19.8. The molecule has 0 radical (unpaired) electrons. The lowest BCUT2D eigenvalue weighted by molar-refractivity contribution is -0.118. The number of thiazole rings is 1. The fourth-order valence-corrected chi connectivity index (χ4v) is 4.62. The van der Waals surface area contributed by atoms with Crippen molar-refractivity contribution in [3.05, 3.63) is 68.6 Å². The molecule has 1 aliphatic heterocycles. The molecule has 0 unspecified atom stereocenters. The molecule has 0 fully saturated rings. The molecule has 2 aromatic carbocycles. The van der Waals surface area contributed by atoms with E-state index in [0.29, 0.717) is 23.7 Å². The van der Waals surface area contributed by atoms with Crippen LogP contribution in [0.3, 0.4) is 0 Å². The van der Waals surface area contributed by atoms with E-state index in [4.69, 9.17) is 9.47 Å². The van der Waals surface area contributed by atoms with E-state index in [1.54, 1.807) is 30.7 Å². The Morgan fingerprint density at radius 2 is 1.50 bits per heavy atom. The number of aromatic nitrogens is 1. The molecule has 4 rings (SSSR count). The van der Waals surface area contributed by atoms with Crippen LogP contribution in [0.1, 0.15) is 22.8 Å². The number of fused-ring (bicyclic) bond motifs is 1. The number of methoxy groups -OCH3 is 2. The molecule has 0 saturated carbocycles. The molecule has 6 nitrogen and oxygen atoms in total. The average molecular weight is 396 g/mol. The molecular formula is C21H20N2O4S. The van der Waals surface area contributed by atoms with Gasteiger partial charge in [0.1, 0.15) is 17.3 Å². The third-order valence-corrected chi connectivity index (χ3v) is 6.15. The second kappa shape index (κ2) is 7.16. The number of benzene rings is 2. The van der Waals surface area contributed by atoms with E-state index in [1.807, 2.05) is 48.5 Å². The molecule has 1 aliphatic rings. The lowest BCUT2D eigenvalue weighted by Gasteiger charge is -2.32. The van der Waals surface area contributed by atoms with E-state index < -0.39 is 0 Å². The summed E-state index contributed by atoms with van der Waals surface area (Å²) in [7, 11) is 4.92. The number of rotatable bonds is 4. The zero-order valence-electron chi connectivity index (χ0n) is 15.8. The number of anilines is 2. The van der Waals surface area contributed by atoms with Crippen LogP contribution in [0.2, 0.25) is 0 Å². The smallest absolute Gasteiger partial charge is 0.308 e. The van der Waals surface area contributed by atoms with Crippen molar-refractivity contribution in [3.8, 4) is 11.5 Å². The average Bonchev–Trinajstić information content (AvgIpc) is 3.02. The predicted octanol–water partition coefficient (Wildman–Crippen LogP) is 3.66. The Hall–Kier alpha value is -3.06. The number of ether oxygens (including phenoxy) is 2. The summed E-state index contributed by atoms with van der Waals surface area (Å²) in [5.74, 6) is 1.90. The fourth-order valence-electron chi connectivity index (χ4n) is 3.53. The highest BCUT2D eigenvalue weighted by Crippen LogP contribution is 2.44. The molecule has 0 saturated heterocycles. The Bertz CT molecular complexity index is 1070. The Balaban J connectivity index is 1.82. The van der Waals surface area contributed by atoms with E-state index in [1.165, 1.54) is 11.3 Å². The number of hydrogen-bond acceptors (Lipinski definition) is 5. The number of carbonyl (C=O) groups is 1. The Morgan fingerprint density at radius 3 is 2.07 bits per heavy atom. The van der Waals surface area contributed by atoms with Gasteiger partial charge in [0.25, 0.3) is 0 Å². The van der Waals surface area contributed by atoms with Gasteiger partial charge in [-0.25, -0.2) is 0 Å². The Labute approximate surface area is 166 Å². The maximum atomic E-state index is 13.1. The fraction of sp³-hybridized carbons (Fsp3) is 0.238. The molecule has 3 aromatic rings. The van der Waals surface area contributed by atoms with Crippen molar-refractivity contribution in [3.63, 3.8) is 0 Å². The van der Waals surface area contributed by atoms with Crippen LogP contribution in [0, 0.1) is 0 Å². The van der Waals surface area contributed by atoms with Crippen LogP contribution in [0.25, 0.3) is 0 Å². The van der Waals surface area contributed by atoms with Gasteiger partial charge < -0.3 is 9.47 Å². The van der Waals surface area contributed by atoms with Crippen LogP contribution >= 0.6 is 11.3 Å². The summed E-state index contributed by atoms with van der Waals surface area (Å²) in [6.07, 6.45) is 0.297. The topological polar surface area (TPSA) is 60.8 Å². The van der Waals surface area contributed by atoms with Crippen LogP contribution in [0.5, 0.6) is 11.5 Å². The second-order valence-electron chi connectivity index (χ2n) is 6.57. The highest BCUT2D eigenvalue weighted by atomic mass is 32.1. The molecule has 1 amide bonds. The van der Waals surface area contributed by atoms with Crippen molar-refractivity contribution in [2.75, 3.05) is 19.1 Å². The molecule has 0 spiro atoms. The highest BCUT2D eigenvalue weighted by molar-refractivity contribution is 7.10. The standard InChI is InChI=1S/C21H20N2O4S/c1-22-20-19(28-21(22)25)17(13-4-8-15(26-2)9-5-13)12-18(24)23(20)14-6-10-16(27-3)11-7-14/h4-11,17H,12H2,1-3H3/t17-/m1/s1. The molecule has 2 heterocycles. The number of nitrogens with zero attached hydrogens (tertiary/aromatic N) is 2. The largest absolute Gasteiger partial charge is 0.497 e. The van der Waals surface area contributed by atoms with E-state index in [-0.39, 0.29) is 16.7 Å². The summed E-state index contributed by atoms with van der Waals surface area (Å²) in [5.41, 5.74) is 1.71. The SMILES string of the molecule is COc1ccc([C@H]2CC(=O)N(c3ccc(OC)cc3)c3c2sc(=O)n3C)cc1. The van der Waals surface area contributed by atoms with Gasteiger partial charge in [0, 0.05) is 19.4 Å². The van der Waals surface area contributed by atoms with Gasteiger partial charge in [-0.15, -0.1) is 0 Å². The minimum Gasteiger partial charge on any atom is -0.497 e. The van der Waals surface area contributed by atoms with Crippen LogP contribution in [-0.2, 0) is 11.8 Å². The summed E-state index contributed by atoms with van der Waals surface area (Å²) in [4.78, 5) is 28.1. The van der Waals surface area contributed by atoms with Gasteiger partial charge in [-0.2, -0.15) is 0 Å². The van der Waals surface area contributed by atoms with Crippen molar-refractivity contribution in [1.29, 1.82) is 0 Å². The Kier molecular flexibility index (Phi) is 4.68. The summed E-state index contributed by atoms with van der Waals surface area (Å²) in [6, 6.07) is 14.9. The minimum absolute atomic E-state index is 0.0492. The van der Waals surface area contributed by atoms with Crippen molar-refractivity contribution < 1.29 is 14.3 Å². The van der Waals surface area contributed by atoms with Crippen molar-refractivity contribution in [1.82, 2.24) is 4.57 Å². The van der Waals surface area contributed by atoms with Crippen LogP contribution < -0.4 is 19.2 Å². The minimum atomic E-state index is -0.151. The maximum Gasteiger partial charge on any atom is 0.308 e. The predicted molar refractivity (Wildman–Crippen MR) is 109 cm³/mol. The van der Waals surface area contributed by atoms with Crippen LogP contribution in [0.4, 0.5) is 11.5 Å². The first kappa shape index (κ1) is 18.3. The molecular weight excluding hydrogens is 376 g/mol. The van der Waals surface area contributed by atoms with Gasteiger partial charge in [0.05, 0.1) is 24.8 Å². The van der Waals surface area contributed by atoms with Crippen molar-refractivity contribution >= 4 is 28.7 Å². The first-order valence-electron chi connectivity index (χ1n) is 8.84. The first-order valence-corrected chi connectivity index (χ1v) is 9.65. The summed E-state index contributed by atoms with van der Waals surface area (Å²) >= 11 is 1.20. The van der Waals surface area contributed by atoms with Gasteiger partial charge in [0.15, 0.2) is 0 Å². The molecule has 0 bridgehead atoms. The number of carbonyl (C=O) groups excluding carboxylic acids is 1. The molecule has 1 atom stereocenters. The summed E-state index contributed by atoms with van der Waals surface area (Å²) in [5, 5.41) is 0. The van der Waals surface area contributed by atoms with Gasteiger partial charge in [-0.3, -0.25) is 19.1 Å². The van der Waals surface area contributed by atoms with Crippen molar-refractivity contribution in [2.24, 2.45) is 7.05 Å². The molecule has 7 heteroatoms. The van der Waals surface area contributed by atoms with E-state index in [0.717, 1.165) is 16.2 Å². The Morgan fingerprint density at radius 1 is 0.929 bits per heavy atom. The molecule has 1 aromatic heterocycles. The van der Waals surface area contributed by atoms with Crippen LogP contribution in [-0.4, -0.2) is 24.7 Å². The first-order chi connectivity index (χ1) is 13.5. The van der Waals surface area contributed by atoms with Gasteiger partial charge in [-0.1, -0.05) is 23.5 Å². The third kappa shape index (κ3) is 2.97. The maximum absolute atomic E-state index is 13.1. The van der Waals surface area contributed by atoms with Gasteiger partial charge in [0.2, 0.25) is 5.91 Å². The van der Waals surface area contributed by atoms with E-state index in [2.05, 4.69) is 0 Å². The highest BCUT2D eigenvalue weighted by Gasteiger charge is 2.37. The summed E-state index contributed by atoms with van der Waals surface area (Å²) in [6.45, 7) is 0. The molecule has 144 valence electrons. The summed E-state index contributed by atoms with van der Waals surface area (Å²) < 4.78 is 12.0. The zero-order valence-corrected chi connectivity index (χ0v) is 16.7. The molecule has 0 aliphatic carbocycles. The lowest BCUT2D eigenvalue weighted by atomic mass is 9.90. The third-order valence-electron chi connectivity index (χ3n) is 5.01. The molecule has 28 heavy (non-hydrogen) atoms. The van der Waals surface area contributed by atoms with Crippen LogP contribution in [0.15, 0.2) is 53.3 Å². The second-order valence-corrected chi connectivity index (χ2v) is 7.57. The number of amides is 1. The number of hydrogen-bond donors (Lipinski definition) is 0. The van der Waals surface area contributed by atoms with Crippen molar-refractivity contribution in [2.45, 2.75) is 12.3 Å².